The lowest BCUT2D eigenvalue weighted by Crippen LogP contribution is -2.45. The third-order valence-electron chi connectivity index (χ3n) is 6.58. The van der Waals surface area contributed by atoms with Crippen LogP contribution in [0.5, 0.6) is 0 Å². The molecular formula is C24H48NO16P. The largest absolute Gasteiger partial charge is 0.394 e. The Bertz CT molecular complexity index is 861. The van der Waals surface area contributed by atoms with Crippen LogP contribution in [0.1, 0.15) is 34.6 Å². The van der Waals surface area contributed by atoms with E-state index in [0.717, 1.165) is 0 Å². The average molecular weight is 638 g/mol. The van der Waals surface area contributed by atoms with Crippen molar-refractivity contribution in [2.24, 2.45) is 5.73 Å². The maximum Gasteiger partial charge on any atom is 0.359 e. The van der Waals surface area contributed by atoms with Gasteiger partial charge in [-0.25, -0.2) is 0 Å². The molecule has 2 fully saturated rings. The molecule has 0 bridgehead atoms. The summed E-state index contributed by atoms with van der Waals surface area (Å²) in [6, 6.07) is 0. The monoisotopic (exact) mass is 637 g/mol. The summed E-state index contributed by atoms with van der Waals surface area (Å²) in [5.41, 5.74) is 4.70. The summed E-state index contributed by atoms with van der Waals surface area (Å²) in [6.45, 7) is 5.13. The molecule has 0 aliphatic carbocycles. The Labute approximate surface area is 244 Å². The van der Waals surface area contributed by atoms with E-state index in [-0.39, 0.29) is 13.2 Å². The highest BCUT2D eigenvalue weighted by Crippen LogP contribution is 2.57. The van der Waals surface area contributed by atoms with Gasteiger partial charge in [0.05, 0.1) is 38.6 Å². The average Bonchev–Trinajstić information content (AvgIpc) is 3.37. The minimum absolute atomic E-state index is 0.0400. The van der Waals surface area contributed by atoms with Gasteiger partial charge < -0.3 is 79.3 Å². The van der Waals surface area contributed by atoms with Gasteiger partial charge in [0.1, 0.15) is 54.9 Å². The van der Waals surface area contributed by atoms with E-state index in [2.05, 4.69) is 0 Å². The van der Waals surface area contributed by atoms with Gasteiger partial charge in [-0.05, 0) is 34.6 Å². The molecule has 0 amide bonds. The van der Waals surface area contributed by atoms with Gasteiger partial charge in [-0.2, -0.15) is 0 Å². The van der Waals surface area contributed by atoms with Gasteiger partial charge in [0.25, 0.3) is 0 Å². The molecule has 2 aliphatic rings. The van der Waals surface area contributed by atoms with Gasteiger partial charge in [-0.3, -0.25) is 4.57 Å². The van der Waals surface area contributed by atoms with Gasteiger partial charge in [-0.1, -0.05) is 0 Å². The lowest BCUT2D eigenvalue weighted by atomic mass is 10.1. The topological polar surface area (TPSA) is 270 Å². The molecule has 0 saturated carbocycles. The highest BCUT2D eigenvalue weighted by molar-refractivity contribution is 7.54. The van der Waals surface area contributed by atoms with Crippen LogP contribution in [0, 0.1) is 0 Å². The molecule has 18 heteroatoms. The van der Waals surface area contributed by atoms with Crippen molar-refractivity contribution in [2.75, 3.05) is 39.6 Å². The molecule has 2 rings (SSSR count). The molecule has 0 spiro atoms. The molecule has 2 aliphatic heterocycles. The number of aliphatic hydroxyl groups excluding tert-OH is 7. The zero-order valence-corrected chi connectivity index (χ0v) is 25.4. The van der Waals surface area contributed by atoms with E-state index in [1.165, 1.54) is 13.8 Å². The summed E-state index contributed by atoms with van der Waals surface area (Å²) in [7, 11) is -4.76. The van der Waals surface area contributed by atoms with E-state index in [9.17, 15) is 45.2 Å². The fraction of sp³-hybridized carbons (Fsp3) is 1.00. The third-order valence-corrected chi connectivity index (χ3v) is 8.54. The van der Waals surface area contributed by atoms with Crippen LogP contribution in [0.25, 0.3) is 0 Å². The van der Waals surface area contributed by atoms with Crippen molar-refractivity contribution in [3.8, 4) is 0 Å². The molecule has 10 N–H and O–H groups in total. The molecule has 42 heavy (non-hydrogen) atoms. The number of ether oxygens (including phenoxy) is 6. The summed E-state index contributed by atoms with van der Waals surface area (Å²) in [5, 5.41) is 69.1. The first-order valence-corrected chi connectivity index (χ1v) is 15.2. The first-order chi connectivity index (χ1) is 19.4. The Morgan fingerprint density at radius 3 is 1.79 bits per heavy atom. The zero-order valence-electron chi connectivity index (χ0n) is 24.5. The molecule has 12 atom stereocenters. The number of hydrogen-bond acceptors (Lipinski definition) is 16. The number of aliphatic hydroxyl groups is 7. The third kappa shape index (κ3) is 9.79. The van der Waals surface area contributed by atoms with E-state index in [1.54, 1.807) is 20.8 Å². The summed E-state index contributed by atoms with van der Waals surface area (Å²) in [6.07, 6.45) is -15.1. The smallest absolute Gasteiger partial charge is 0.359 e. The van der Waals surface area contributed by atoms with Crippen LogP contribution < -0.4 is 5.73 Å². The highest BCUT2D eigenvalue weighted by atomic mass is 31.2. The van der Waals surface area contributed by atoms with Crippen LogP contribution in [0.3, 0.4) is 0 Å². The summed E-state index contributed by atoms with van der Waals surface area (Å²) in [5.74, 6) is 0. The van der Waals surface area contributed by atoms with Crippen molar-refractivity contribution in [3.05, 3.63) is 0 Å². The van der Waals surface area contributed by atoms with E-state index in [4.69, 9.17) is 38.7 Å². The van der Waals surface area contributed by atoms with Gasteiger partial charge in [0.15, 0.2) is 17.9 Å². The lowest BCUT2D eigenvalue weighted by molar-refractivity contribution is -0.194. The fourth-order valence-corrected chi connectivity index (χ4v) is 5.16. The SMILES string of the molecule is CC(C)(C)OC1C(O)[C@H](OCC(O)C(O)C(O)COP(=O)(O)C(C)(C)OC2C(O)[C@H](OCCN)O[C@@H]2CO)O[C@@H]1CO. The standard InChI is InChI=1S/C24H48NO16P/c1-23(2,3)40-19-14(8-26)39-22(17(19)31)36-10-12(28)16(30)13(29)11-37-42(33,34)24(4,5)41-20-15(9-27)38-21(18(20)32)35-7-6-25/h12-22,26-32H,6-11,25H2,1-5H3,(H,33,34)/t12?,13?,14-,15-,16?,17?,18?,19?,20?,21-,22-/m1/s1. The van der Waals surface area contributed by atoms with Crippen molar-refractivity contribution in [1.29, 1.82) is 0 Å². The molecule has 0 aromatic rings. The first-order valence-electron chi connectivity index (χ1n) is 13.6. The number of hydrogen-bond donors (Lipinski definition) is 9. The lowest BCUT2D eigenvalue weighted by Gasteiger charge is -2.35. The Balaban J connectivity index is 1.91. The Kier molecular flexibility index (Phi) is 14.2. The van der Waals surface area contributed by atoms with Gasteiger partial charge in [0.2, 0.25) is 0 Å². The van der Waals surface area contributed by atoms with Crippen LogP contribution in [0.15, 0.2) is 0 Å². The Morgan fingerprint density at radius 2 is 1.31 bits per heavy atom. The van der Waals surface area contributed by atoms with Crippen LogP contribution in [0.2, 0.25) is 0 Å². The minimum Gasteiger partial charge on any atom is -0.394 e. The quantitative estimate of drug-likeness (QED) is 0.0708. The van der Waals surface area contributed by atoms with Gasteiger partial charge in [-0.15, -0.1) is 0 Å². The predicted octanol–water partition coefficient (Wildman–Crippen LogP) is -3.28. The molecule has 0 aromatic heterocycles. The summed E-state index contributed by atoms with van der Waals surface area (Å²) >= 11 is 0. The van der Waals surface area contributed by atoms with Crippen LogP contribution in [-0.4, -0.2) is 159 Å². The van der Waals surface area contributed by atoms with E-state index >= 15 is 0 Å². The van der Waals surface area contributed by atoms with Crippen LogP contribution in [0.4, 0.5) is 0 Å². The van der Waals surface area contributed by atoms with Gasteiger partial charge >= 0.3 is 7.60 Å². The molecule has 17 nitrogen and oxygen atoms in total. The minimum atomic E-state index is -4.76. The van der Waals surface area contributed by atoms with Gasteiger partial charge in [0, 0.05) is 6.54 Å². The maximum absolute atomic E-state index is 13.0. The predicted molar refractivity (Wildman–Crippen MR) is 142 cm³/mol. The first kappa shape index (κ1) is 37.8. The molecular weight excluding hydrogens is 589 g/mol. The fourth-order valence-electron chi connectivity index (χ4n) is 4.24. The van der Waals surface area contributed by atoms with Crippen LogP contribution in [-0.2, 0) is 37.5 Å². The van der Waals surface area contributed by atoms with E-state index in [1.807, 2.05) is 0 Å². The number of rotatable bonds is 17. The summed E-state index contributed by atoms with van der Waals surface area (Å²) < 4.78 is 50.8. The molecule has 2 saturated heterocycles. The van der Waals surface area contributed by atoms with E-state index in [0.29, 0.717) is 0 Å². The molecule has 250 valence electrons. The summed E-state index contributed by atoms with van der Waals surface area (Å²) in [4.78, 5) is 10.6. The molecule has 0 aromatic carbocycles. The maximum atomic E-state index is 13.0. The van der Waals surface area contributed by atoms with Crippen molar-refractivity contribution in [3.63, 3.8) is 0 Å². The van der Waals surface area contributed by atoms with Crippen molar-refractivity contribution in [1.82, 2.24) is 0 Å². The second kappa shape index (κ2) is 15.7. The van der Waals surface area contributed by atoms with Crippen molar-refractivity contribution in [2.45, 2.75) is 113 Å². The Morgan fingerprint density at radius 1 is 0.833 bits per heavy atom. The second-order valence-electron chi connectivity index (χ2n) is 11.6. The van der Waals surface area contributed by atoms with Crippen LogP contribution >= 0.6 is 7.60 Å². The van der Waals surface area contributed by atoms with Crippen molar-refractivity contribution >= 4 is 7.60 Å². The molecule has 0 radical (unpaired) electrons. The Hall–Kier alpha value is -0.410. The van der Waals surface area contributed by atoms with Crippen molar-refractivity contribution < 1.29 is 78.1 Å². The zero-order chi connectivity index (χ0) is 32.0. The van der Waals surface area contributed by atoms with E-state index < -0.39 is 112 Å². The number of nitrogens with two attached hydrogens (primary N) is 1. The molecule has 2 heterocycles. The highest BCUT2D eigenvalue weighted by Gasteiger charge is 2.52. The second-order valence-corrected chi connectivity index (χ2v) is 14.0. The molecule has 8 unspecified atom stereocenters. The normalized spacial score (nSPS) is 34.3.